The van der Waals surface area contributed by atoms with Crippen LogP contribution in [0.15, 0.2) is 0 Å². The minimum atomic E-state index is 0.373. The van der Waals surface area contributed by atoms with Crippen molar-refractivity contribution < 1.29 is 0 Å². The van der Waals surface area contributed by atoms with Crippen molar-refractivity contribution in [1.82, 2.24) is 20.2 Å². The minimum Gasteiger partial charge on any atom is -0.330 e. The molecule has 0 aliphatic rings. The molecule has 12 heavy (non-hydrogen) atoms. The fourth-order valence-electron chi connectivity index (χ4n) is 1.03. The highest BCUT2D eigenvalue weighted by Crippen LogP contribution is 2.08. The fourth-order valence-corrected chi connectivity index (χ4v) is 1.03. The number of nitrogens with two attached hydrogens (primary N) is 1. The van der Waals surface area contributed by atoms with Gasteiger partial charge in [-0.15, -0.1) is 5.10 Å². The van der Waals surface area contributed by atoms with Crippen LogP contribution >= 0.6 is 0 Å². The molecule has 0 bridgehead atoms. The van der Waals surface area contributed by atoms with Crippen LogP contribution in [0.2, 0.25) is 0 Å². The molecule has 0 aliphatic carbocycles. The molecule has 0 fully saturated rings. The number of hydrogen-bond acceptors (Lipinski definition) is 4. The standard InChI is InChI=1S/C7H15N5/c1-6(2)7-9-10-11-12(7)5-3-4-8/h6H,3-5,8H2,1-2H3. The highest BCUT2D eigenvalue weighted by molar-refractivity contribution is 4.87. The number of nitrogens with zero attached hydrogens (tertiary/aromatic N) is 4. The van der Waals surface area contributed by atoms with Gasteiger partial charge in [0.25, 0.3) is 0 Å². The Morgan fingerprint density at radius 3 is 2.83 bits per heavy atom. The molecule has 1 aromatic heterocycles. The third kappa shape index (κ3) is 2.01. The van der Waals surface area contributed by atoms with Crippen LogP contribution in [0.3, 0.4) is 0 Å². The summed E-state index contributed by atoms with van der Waals surface area (Å²) in [6.07, 6.45) is 0.921. The summed E-state index contributed by atoms with van der Waals surface area (Å²) in [6.45, 7) is 5.64. The van der Waals surface area contributed by atoms with E-state index in [4.69, 9.17) is 5.73 Å². The molecule has 0 aliphatic heterocycles. The summed E-state index contributed by atoms with van der Waals surface area (Å²) in [6, 6.07) is 0. The van der Waals surface area contributed by atoms with E-state index in [0.717, 1.165) is 18.8 Å². The Morgan fingerprint density at radius 1 is 1.50 bits per heavy atom. The summed E-state index contributed by atoms with van der Waals surface area (Å²) in [5.74, 6) is 1.31. The summed E-state index contributed by atoms with van der Waals surface area (Å²) < 4.78 is 1.82. The quantitative estimate of drug-likeness (QED) is 0.696. The van der Waals surface area contributed by atoms with Gasteiger partial charge in [-0.1, -0.05) is 13.8 Å². The molecule has 5 heteroatoms. The monoisotopic (exact) mass is 169 g/mol. The molecule has 1 aromatic rings. The van der Waals surface area contributed by atoms with Gasteiger partial charge in [-0.05, 0) is 23.4 Å². The predicted molar refractivity (Wildman–Crippen MR) is 45.6 cm³/mol. The van der Waals surface area contributed by atoms with Gasteiger partial charge in [0.05, 0.1) is 0 Å². The summed E-state index contributed by atoms with van der Waals surface area (Å²) in [7, 11) is 0. The first-order chi connectivity index (χ1) is 5.75. The lowest BCUT2D eigenvalue weighted by Crippen LogP contribution is -2.11. The molecule has 0 spiro atoms. The molecule has 2 N–H and O–H groups in total. The van der Waals surface area contributed by atoms with E-state index in [9.17, 15) is 0 Å². The summed E-state index contributed by atoms with van der Waals surface area (Å²) in [4.78, 5) is 0. The highest BCUT2D eigenvalue weighted by Gasteiger charge is 2.08. The van der Waals surface area contributed by atoms with E-state index in [2.05, 4.69) is 29.4 Å². The van der Waals surface area contributed by atoms with Crippen molar-refractivity contribution in [2.75, 3.05) is 6.54 Å². The first-order valence-corrected chi connectivity index (χ1v) is 4.22. The zero-order valence-electron chi connectivity index (χ0n) is 7.56. The van der Waals surface area contributed by atoms with Gasteiger partial charge in [-0.25, -0.2) is 4.68 Å². The summed E-state index contributed by atoms with van der Waals surface area (Å²) in [5.41, 5.74) is 5.39. The van der Waals surface area contributed by atoms with Crippen molar-refractivity contribution in [3.63, 3.8) is 0 Å². The first kappa shape index (κ1) is 9.12. The molecule has 1 heterocycles. The van der Waals surface area contributed by atoms with Crippen LogP contribution in [0.4, 0.5) is 0 Å². The largest absolute Gasteiger partial charge is 0.330 e. The van der Waals surface area contributed by atoms with Crippen LogP contribution in [0.5, 0.6) is 0 Å². The Bertz CT molecular complexity index is 229. The number of tetrazole rings is 1. The van der Waals surface area contributed by atoms with Crippen LogP contribution in [-0.2, 0) is 6.54 Å². The zero-order valence-corrected chi connectivity index (χ0v) is 7.56. The predicted octanol–water partition coefficient (Wildman–Crippen LogP) is 0.145. The van der Waals surface area contributed by atoms with E-state index in [-0.39, 0.29) is 0 Å². The van der Waals surface area contributed by atoms with Gasteiger partial charge in [-0.3, -0.25) is 0 Å². The van der Waals surface area contributed by atoms with Crippen molar-refractivity contribution >= 4 is 0 Å². The van der Waals surface area contributed by atoms with Crippen molar-refractivity contribution in [1.29, 1.82) is 0 Å². The molecule has 0 aromatic carbocycles. The molecule has 0 unspecified atom stereocenters. The van der Waals surface area contributed by atoms with E-state index in [1.165, 1.54) is 0 Å². The van der Waals surface area contributed by atoms with Crippen molar-refractivity contribution in [2.24, 2.45) is 5.73 Å². The second-order valence-corrected chi connectivity index (χ2v) is 3.06. The zero-order chi connectivity index (χ0) is 8.97. The maximum atomic E-state index is 5.39. The molecule has 5 nitrogen and oxygen atoms in total. The fraction of sp³-hybridized carbons (Fsp3) is 0.857. The highest BCUT2D eigenvalue weighted by atomic mass is 15.5. The molecule has 0 radical (unpaired) electrons. The van der Waals surface area contributed by atoms with Crippen LogP contribution in [0.25, 0.3) is 0 Å². The number of rotatable bonds is 4. The van der Waals surface area contributed by atoms with Crippen molar-refractivity contribution in [3.05, 3.63) is 5.82 Å². The van der Waals surface area contributed by atoms with Crippen LogP contribution < -0.4 is 5.73 Å². The van der Waals surface area contributed by atoms with E-state index >= 15 is 0 Å². The molecule has 0 atom stereocenters. The maximum absolute atomic E-state index is 5.39. The third-order valence-electron chi connectivity index (χ3n) is 1.65. The lowest BCUT2D eigenvalue weighted by molar-refractivity contribution is 0.529. The Morgan fingerprint density at radius 2 is 2.25 bits per heavy atom. The van der Waals surface area contributed by atoms with Gasteiger partial charge in [0.1, 0.15) is 0 Å². The molecule has 0 saturated heterocycles. The van der Waals surface area contributed by atoms with Crippen LogP contribution in [0.1, 0.15) is 32.0 Å². The average molecular weight is 169 g/mol. The van der Waals surface area contributed by atoms with Crippen LogP contribution in [0, 0.1) is 0 Å². The van der Waals surface area contributed by atoms with Gasteiger partial charge in [0.2, 0.25) is 0 Å². The van der Waals surface area contributed by atoms with E-state index in [1.807, 2.05) is 4.68 Å². The second kappa shape index (κ2) is 4.15. The average Bonchev–Trinajstić information content (AvgIpc) is 2.48. The molecular weight excluding hydrogens is 154 g/mol. The molecule has 0 amide bonds. The Labute approximate surface area is 71.9 Å². The van der Waals surface area contributed by atoms with Gasteiger partial charge < -0.3 is 5.73 Å². The van der Waals surface area contributed by atoms with Gasteiger partial charge in [0, 0.05) is 12.5 Å². The molecule has 1 rings (SSSR count). The van der Waals surface area contributed by atoms with Crippen molar-refractivity contribution in [3.8, 4) is 0 Å². The number of aromatic nitrogens is 4. The molecule has 0 saturated carbocycles. The normalized spacial score (nSPS) is 11.0. The second-order valence-electron chi connectivity index (χ2n) is 3.06. The minimum absolute atomic E-state index is 0.373. The van der Waals surface area contributed by atoms with E-state index in [0.29, 0.717) is 12.5 Å². The lowest BCUT2D eigenvalue weighted by atomic mass is 10.2. The lowest BCUT2D eigenvalue weighted by Gasteiger charge is -2.04. The molecule has 68 valence electrons. The SMILES string of the molecule is CC(C)c1nnnn1CCCN. The first-order valence-electron chi connectivity index (χ1n) is 4.22. The van der Waals surface area contributed by atoms with Crippen molar-refractivity contribution in [2.45, 2.75) is 32.7 Å². The Hall–Kier alpha value is -0.970. The van der Waals surface area contributed by atoms with E-state index < -0.39 is 0 Å². The third-order valence-corrected chi connectivity index (χ3v) is 1.65. The molecular formula is C7H15N5. The number of hydrogen-bond donors (Lipinski definition) is 1. The maximum Gasteiger partial charge on any atom is 0.153 e. The smallest absolute Gasteiger partial charge is 0.153 e. The Kier molecular flexibility index (Phi) is 3.16. The van der Waals surface area contributed by atoms with Crippen LogP contribution in [-0.4, -0.2) is 26.8 Å². The van der Waals surface area contributed by atoms with Gasteiger partial charge in [0.15, 0.2) is 5.82 Å². The van der Waals surface area contributed by atoms with Gasteiger partial charge >= 0.3 is 0 Å². The Balaban J connectivity index is 2.64. The number of aryl methyl sites for hydroxylation is 1. The summed E-state index contributed by atoms with van der Waals surface area (Å²) >= 11 is 0. The summed E-state index contributed by atoms with van der Waals surface area (Å²) in [5, 5.41) is 11.4. The topological polar surface area (TPSA) is 69.6 Å². The van der Waals surface area contributed by atoms with E-state index in [1.54, 1.807) is 0 Å². The van der Waals surface area contributed by atoms with Gasteiger partial charge in [-0.2, -0.15) is 0 Å².